The summed E-state index contributed by atoms with van der Waals surface area (Å²) in [6, 6.07) is 2.04. The van der Waals surface area contributed by atoms with Gasteiger partial charge in [-0.3, -0.25) is 9.88 Å². The standard InChI is InChI=1S/C20H27N3O2/c1-2-6-22(5-1)8-10-25-16-19-12-21-11-18-14-23(7-3-20(18)19)13-17-4-9-24-15-17/h4,9,11-12,15H,1-3,5-8,10,13-14,16H2. The zero-order valence-corrected chi connectivity index (χ0v) is 14.8. The first-order valence-corrected chi connectivity index (χ1v) is 9.36. The van der Waals surface area contributed by atoms with Gasteiger partial charge in [-0.2, -0.15) is 0 Å². The van der Waals surface area contributed by atoms with E-state index < -0.39 is 0 Å². The molecule has 1 fully saturated rings. The van der Waals surface area contributed by atoms with Crippen molar-refractivity contribution in [3.63, 3.8) is 0 Å². The quantitative estimate of drug-likeness (QED) is 0.725. The number of hydrogen-bond acceptors (Lipinski definition) is 5. The Labute approximate surface area is 149 Å². The second kappa shape index (κ2) is 8.13. The molecule has 2 aromatic heterocycles. The number of ether oxygens (including phenoxy) is 1. The lowest BCUT2D eigenvalue weighted by atomic mass is 9.97. The van der Waals surface area contributed by atoms with Gasteiger partial charge in [-0.05, 0) is 55.1 Å². The van der Waals surface area contributed by atoms with Gasteiger partial charge in [0.05, 0.1) is 25.7 Å². The number of aromatic nitrogens is 1. The van der Waals surface area contributed by atoms with Gasteiger partial charge in [-0.25, -0.2) is 0 Å². The predicted molar refractivity (Wildman–Crippen MR) is 96.1 cm³/mol. The van der Waals surface area contributed by atoms with Crippen molar-refractivity contribution in [1.29, 1.82) is 0 Å². The van der Waals surface area contributed by atoms with Crippen LogP contribution in [-0.2, 0) is 30.9 Å². The molecule has 0 bridgehead atoms. The van der Waals surface area contributed by atoms with Crippen molar-refractivity contribution in [1.82, 2.24) is 14.8 Å². The molecule has 25 heavy (non-hydrogen) atoms. The van der Waals surface area contributed by atoms with E-state index in [1.165, 1.54) is 48.2 Å². The van der Waals surface area contributed by atoms with Crippen LogP contribution in [0.5, 0.6) is 0 Å². The lowest BCUT2D eigenvalue weighted by Crippen LogP contribution is -2.31. The highest BCUT2D eigenvalue weighted by Gasteiger charge is 2.19. The molecule has 2 aliphatic heterocycles. The van der Waals surface area contributed by atoms with E-state index in [0.717, 1.165) is 39.2 Å². The van der Waals surface area contributed by atoms with Crippen molar-refractivity contribution in [3.05, 3.63) is 53.2 Å². The van der Waals surface area contributed by atoms with Crippen LogP contribution in [-0.4, -0.2) is 47.6 Å². The van der Waals surface area contributed by atoms with Crippen molar-refractivity contribution < 1.29 is 9.15 Å². The van der Waals surface area contributed by atoms with E-state index in [9.17, 15) is 0 Å². The fourth-order valence-corrected chi connectivity index (χ4v) is 3.91. The summed E-state index contributed by atoms with van der Waals surface area (Å²) in [4.78, 5) is 9.39. The van der Waals surface area contributed by atoms with Gasteiger partial charge in [0.15, 0.2) is 0 Å². The van der Waals surface area contributed by atoms with Crippen LogP contribution in [0, 0.1) is 0 Å². The summed E-state index contributed by atoms with van der Waals surface area (Å²) in [5.74, 6) is 0. The molecule has 0 amide bonds. The van der Waals surface area contributed by atoms with Crippen LogP contribution in [0.1, 0.15) is 35.1 Å². The van der Waals surface area contributed by atoms with Crippen LogP contribution in [0.25, 0.3) is 0 Å². The van der Waals surface area contributed by atoms with E-state index in [2.05, 4.69) is 14.8 Å². The zero-order valence-electron chi connectivity index (χ0n) is 14.8. The molecule has 0 unspecified atom stereocenters. The molecule has 0 spiro atoms. The molecule has 0 N–H and O–H groups in total. The summed E-state index contributed by atoms with van der Waals surface area (Å²) >= 11 is 0. The molecule has 4 rings (SSSR count). The molecular formula is C20H27N3O2. The van der Waals surface area contributed by atoms with Gasteiger partial charge in [0.25, 0.3) is 0 Å². The van der Waals surface area contributed by atoms with E-state index in [1.54, 1.807) is 6.26 Å². The Balaban J connectivity index is 1.31. The van der Waals surface area contributed by atoms with Crippen LogP contribution < -0.4 is 0 Å². The van der Waals surface area contributed by atoms with Crippen molar-refractivity contribution >= 4 is 0 Å². The normalized spacial score (nSPS) is 18.6. The van der Waals surface area contributed by atoms with Gasteiger partial charge in [-0.1, -0.05) is 0 Å². The Kier molecular flexibility index (Phi) is 5.45. The number of hydrogen-bond donors (Lipinski definition) is 0. The molecule has 0 radical (unpaired) electrons. The minimum atomic E-state index is 0.686. The summed E-state index contributed by atoms with van der Waals surface area (Å²) in [5.41, 5.74) is 5.29. The highest BCUT2D eigenvalue weighted by atomic mass is 16.5. The van der Waals surface area contributed by atoms with Gasteiger partial charge in [0.2, 0.25) is 0 Å². The first-order valence-electron chi connectivity index (χ1n) is 9.36. The van der Waals surface area contributed by atoms with E-state index in [0.29, 0.717) is 6.61 Å². The zero-order chi connectivity index (χ0) is 16.9. The lowest BCUT2D eigenvalue weighted by molar-refractivity contribution is 0.0981. The average Bonchev–Trinajstić information content (AvgIpc) is 3.32. The van der Waals surface area contributed by atoms with Crippen molar-refractivity contribution in [2.24, 2.45) is 0 Å². The number of fused-ring (bicyclic) bond motifs is 1. The molecular weight excluding hydrogens is 314 g/mol. The molecule has 2 aromatic rings. The summed E-state index contributed by atoms with van der Waals surface area (Å²) in [6.07, 6.45) is 11.3. The smallest absolute Gasteiger partial charge is 0.0947 e. The van der Waals surface area contributed by atoms with Crippen LogP contribution in [0.2, 0.25) is 0 Å². The van der Waals surface area contributed by atoms with Crippen molar-refractivity contribution in [2.45, 2.75) is 39.0 Å². The van der Waals surface area contributed by atoms with E-state index in [4.69, 9.17) is 9.15 Å². The highest BCUT2D eigenvalue weighted by molar-refractivity contribution is 5.33. The SMILES string of the molecule is c1cc(CN2CCc3c(COCCN4CCCC4)cncc3C2)co1. The summed E-state index contributed by atoms with van der Waals surface area (Å²) < 4.78 is 11.1. The molecule has 134 valence electrons. The largest absolute Gasteiger partial charge is 0.472 e. The Morgan fingerprint density at radius 1 is 1.12 bits per heavy atom. The number of rotatable bonds is 7. The summed E-state index contributed by atoms with van der Waals surface area (Å²) in [7, 11) is 0. The number of furan rings is 1. The van der Waals surface area contributed by atoms with Crippen molar-refractivity contribution in [2.75, 3.05) is 32.8 Å². The molecule has 2 aliphatic rings. The monoisotopic (exact) mass is 341 g/mol. The van der Waals surface area contributed by atoms with Gasteiger partial charge in [0, 0.05) is 44.1 Å². The minimum Gasteiger partial charge on any atom is -0.472 e. The minimum absolute atomic E-state index is 0.686. The Morgan fingerprint density at radius 2 is 2.04 bits per heavy atom. The van der Waals surface area contributed by atoms with Crippen LogP contribution in [0.15, 0.2) is 35.4 Å². The first kappa shape index (κ1) is 16.8. The molecule has 5 heteroatoms. The van der Waals surface area contributed by atoms with E-state index >= 15 is 0 Å². The molecule has 4 heterocycles. The maximum absolute atomic E-state index is 5.95. The number of nitrogens with zero attached hydrogens (tertiary/aromatic N) is 3. The number of likely N-dealkylation sites (tertiary alicyclic amines) is 1. The summed E-state index contributed by atoms with van der Waals surface area (Å²) in [5, 5.41) is 0. The van der Waals surface area contributed by atoms with Crippen molar-refractivity contribution in [3.8, 4) is 0 Å². The lowest BCUT2D eigenvalue weighted by Gasteiger charge is -2.29. The topological polar surface area (TPSA) is 41.7 Å². The maximum atomic E-state index is 5.95. The Morgan fingerprint density at radius 3 is 2.88 bits per heavy atom. The van der Waals surface area contributed by atoms with Crippen LogP contribution in [0.4, 0.5) is 0 Å². The second-order valence-electron chi connectivity index (χ2n) is 7.13. The third-order valence-corrected chi connectivity index (χ3v) is 5.30. The van der Waals surface area contributed by atoms with Gasteiger partial charge >= 0.3 is 0 Å². The maximum Gasteiger partial charge on any atom is 0.0947 e. The Hall–Kier alpha value is -1.69. The van der Waals surface area contributed by atoms with Crippen LogP contribution in [0.3, 0.4) is 0 Å². The molecule has 1 saturated heterocycles. The second-order valence-corrected chi connectivity index (χ2v) is 7.13. The van der Waals surface area contributed by atoms with E-state index in [1.807, 2.05) is 24.7 Å². The summed E-state index contributed by atoms with van der Waals surface area (Å²) in [6.45, 7) is 7.99. The molecule has 0 saturated carbocycles. The number of pyridine rings is 1. The third kappa shape index (κ3) is 4.29. The first-order chi connectivity index (χ1) is 12.4. The van der Waals surface area contributed by atoms with E-state index in [-0.39, 0.29) is 0 Å². The molecule has 0 aromatic carbocycles. The van der Waals surface area contributed by atoms with Crippen LogP contribution >= 0.6 is 0 Å². The molecule has 0 atom stereocenters. The predicted octanol–water partition coefficient (Wildman–Crippen LogP) is 2.85. The molecule has 0 aliphatic carbocycles. The molecule has 5 nitrogen and oxygen atoms in total. The third-order valence-electron chi connectivity index (χ3n) is 5.30. The Bertz CT molecular complexity index is 666. The average molecular weight is 341 g/mol. The van der Waals surface area contributed by atoms with Gasteiger partial charge in [-0.15, -0.1) is 0 Å². The fraction of sp³-hybridized carbons (Fsp3) is 0.550. The highest BCUT2D eigenvalue weighted by Crippen LogP contribution is 2.23. The van der Waals surface area contributed by atoms with Gasteiger partial charge in [0.1, 0.15) is 0 Å². The van der Waals surface area contributed by atoms with Gasteiger partial charge < -0.3 is 14.1 Å². The fourth-order valence-electron chi connectivity index (χ4n) is 3.91.